The van der Waals surface area contributed by atoms with Gasteiger partial charge in [0.1, 0.15) is 6.61 Å². The summed E-state index contributed by atoms with van der Waals surface area (Å²) in [4.78, 5) is 12.7. The van der Waals surface area contributed by atoms with Crippen LogP contribution in [-0.4, -0.2) is 46.7 Å². The minimum Gasteiger partial charge on any atom is -0.463 e. The highest BCUT2D eigenvalue weighted by molar-refractivity contribution is 7.16. The topological polar surface area (TPSA) is 111 Å². The number of halogens is 1. The van der Waals surface area contributed by atoms with Crippen LogP contribution in [-0.2, 0) is 16.0 Å². The van der Waals surface area contributed by atoms with Gasteiger partial charge in [0, 0.05) is 22.6 Å². The lowest BCUT2D eigenvalue weighted by molar-refractivity contribution is -0.144. The first-order chi connectivity index (χ1) is 17.4. The Morgan fingerprint density at radius 3 is 2.78 bits per heavy atom. The Hall–Kier alpha value is -1.69. The molecule has 0 aliphatic heterocycles. The molecule has 1 heterocycles. The molecule has 2 aliphatic carbocycles. The van der Waals surface area contributed by atoms with E-state index in [0.717, 1.165) is 36.4 Å². The summed E-state index contributed by atoms with van der Waals surface area (Å²) in [5, 5.41) is 40.0. The van der Waals surface area contributed by atoms with Gasteiger partial charge in [0.15, 0.2) is 0 Å². The van der Waals surface area contributed by atoms with Crippen LogP contribution in [0.4, 0.5) is 0 Å². The van der Waals surface area contributed by atoms with Crippen LogP contribution in [0.2, 0.25) is 4.34 Å². The van der Waals surface area contributed by atoms with Gasteiger partial charge < -0.3 is 20.1 Å². The minimum absolute atomic E-state index is 0.0232. The zero-order valence-electron chi connectivity index (χ0n) is 20.7. The standard InChI is InChI=1S/C28H38ClNO5S/c29-26-12-11-21(36-26)18-28(13-6-14-28)25(33)9-5-8-23-22(20(19-30)17-24(23)32)7-3-1-2-4-10-27(34)35-16-15-31/h1,3,5,8,11-12,20,22-25,31-33H,2,4,6-7,9-10,13-18H2/b3-1-,8-5+/t20?,22-,23?,24+,25?/m0/s1. The van der Waals surface area contributed by atoms with Crippen molar-refractivity contribution in [2.24, 2.45) is 23.2 Å². The van der Waals surface area contributed by atoms with Crippen molar-refractivity contribution in [1.82, 2.24) is 0 Å². The third-order valence-corrected chi connectivity index (χ3v) is 8.96. The number of aliphatic hydroxyl groups excluding tert-OH is 3. The molecule has 3 rings (SSSR count). The molecule has 0 saturated heterocycles. The SMILES string of the molecule is N#CC1C[C@@H](O)C(/C=C/CC(O)C2(Cc3ccc(Cl)s3)CCC2)[C@H]1C/C=C\CCCC(=O)OCCO. The molecule has 1 aromatic rings. The molecular weight excluding hydrogens is 498 g/mol. The summed E-state index contributed by atoms with van der Waals surface area (Å²) in [6, 6.07) is 6.32. The van der Waals surface area contributed by atoms with Gasteiger partial charge in [0.25, 0.3) is 0 Å². The molecule has 8 heteroatoms. The Morgan fingerprint density at radius 2 is 2.14 bits per heavy atom. The van der Waals surface area contributed by atoms with E-state index >= 15 is 0 Å². The normalized spacial score (nSPS) is 26.2. The van der Waals surface area contributed by atoms with Crippen LogP contribution < -0.4 is 0 Å². The molecule has 5 atom stereocenters. The highest BCUT2D eigenvalue weighted by Gasteiger charge is 2.44. The van der Waals surface area contributed by atoms with Crippen molar-refractivity contribution in [1.29, 1.82) is 5.26 Å². The lowest BCUT2D eigenvalue weighted by Crippen LogP contribution is -2.42. The van der Waals surface area contributed by atoms with Crippen molar-refractivity contribution in [2.45, 2.75) is 76.4 Å². The number of esters is 1. The number of hydrogen-bond donors (Lipinski definition) is 3. The number of aliphatic hydroxyl groups is 3. The third-order valence-electron chi connectivity index (χ3n) is 7.73. The highest BCUT2D eigenvalue weighted by Crippen LogP contribution is 2.49. The van der Waals surface area contributed by atoms with Gasteiger partial charge >= 0.3 is 5.97 Å². The summed E-state index contributed by atoms with van der Waals surface area (Å²) < 4.78 is 5.62. The van der Waals surface area contributed by atoms with Crippen molar-refractivity contribution in [3.8, 4) is 6.07 Å². The summed E-state index contributed by atoms with van der Waals surface area (Å²) >= 11 is 7.67. The van der Waals surface area contributed by atoms with E-state index in [9.17, 15) is 20.3 Å². The number of unbranched alkanes of at least 4 members (excludes halogenated alkanes) is 1. The zero-order valence-corrected chi connectivity index (χ0v) is 22.3. The average Bonchev–Trinajstić information content (AvgIpc) is 3.38. The van der Waals surface area contributed by atoms with Crippen LogP contribution in [0.1, 0.15) is 62.7 Å². The van der Waals surface area contributed by atoms with E-state index in [1.54, 1.807) is 11.3 Å². The second-order valence-electron chi connectivity index (χ2n) is 10.1. The van der Waals surface area contributed by atoms with Crippen LogP contribution >= 0.6 is 22.9 Å². The molecule has 3 unspecified atom stereocenters. The maximum absolute atomic E-state index is 11.5. The van der Waals surface area contributed by atoms with Gasteiger partial charge in [0.05, 0.1) is 35.1 Å². The highest BCUT2D eigenvalue weighted by atomic mass is 35.5. The Labute approximate surface area is 223 Å². The van der Waals surface area contributed by atoms with Gasteiger partial charge in [-0.25, -0.2) is 0 Å². The molecule has 2 aliphatic rings. The fourth-order valence-corrected chi connectivity index (χ4v) is 6.76. The van der Waals surface area contributed by atoms with Crippen LogP contribution in [0.3, 0.4) is 0 Å². The number of ether oxygens (including phenoxy) is 1. The van der Waals surface area contributed by atoms with Crippen LogP contribution in [0.15, 0.2) is 36.4 Å². The number of hydrogen-bond acceptors (Lipinski definition) is 7. The summed E-state index contributed by atoms with van der Waals surface area (Å²) in [5.41, 5.74) is -0.103. The first-order valence-electron chi connectivity index (χ1n) is 13.0. The van der Waals surface area contributed by atoms with Gasteiger partial charge in [-0.1, -0.05) is 42.3 Å². The first-order valence-corrected chi connectivity index (χ1v) is 14.2. The molecule has 6 nitrogen and oxygen atoms in total. The summed E-state index contributed by atoms with van der Waals surface area (Å²) in [6.07, 6.45) is 14.4. The second kappa shape index (κ2) is 14.3. The molecule has 0 bridgehead atoms. The van der Waals surface area contributed by atoms with Crippen molar-refractivity contribution in [3.63, 3.8) is 0 Å². The van der Waals surface area contributed by atoms with E-state index in [1.165, 1.54) is 4.88 Å². The van der Waals surface area contributed by atoms with Crippen molar-refractivity contribution < 1.29 is 24.9 Å². The molecule has 0 aromatic carbocycles. The number of carbonyl (C=O) groups excluding carboxylic acids is 1. The molecule has 0 spiro atoms. The number of nitrogens with zero attached hydrogens (tertiary/aromatic N) is 1. The fourth-order valence-electron chi connectivity index (χ4n) is 5.52. The van der Waals surface area contributed by atoms with Crippen LogP contribution in [0, 0.1) is 34.5 Å². The number of thiophene rings is 1. The molecule has 36 heavy (non-hydrogen) atoms. The molecule has 0 amide bonds. The minimum atomic E-state index is -0.561. The lowest BCUT2D eigenvalue weighted by atomic mass is 9.62. The molecule has 198 valence electrons. The fraction of sp³-hybridized carbons (Fsp3) is 0.643. The van der Waals surface area contributed by atoms with E-state index < -0.39 is 12.2 Å². The van der Waals surface area contributed by atoms with Crippen molar-refractivity contribution >= 4 is 28.9 Å². The maximum atomic E-state index is 11.5. The molecule has 1 aromatic heterocycles. The van der Waals surface area contributed by atoms with Crippen molar-refractivity contribution in [2.75, 3.05) is 13.2 Å². The lowest BCUT2D eigenvalue weighted by Gasteiger charge is -2.45. The first kappa shape index (κ1) is 28.9. The van der Waals surface area contributed by atoms with E-state index in [1.807, 2.05) is 36.4 Å². The van der Waals surface area contributed by atoms with Crippen LogP contribution in [0.5, 0.6) is 0 Å². The Balaban J connectivity index is 1.50. The number of carbonyl (C=O) groups is 1. The monoisotopic (exact) mass is 535 g/mol. The molecule has 2 saturated carbocycles. The smallest absolute Gasteiger partial charge is 0.305 e. The summed E-state index contributed by atoms with van der Waals surface area (Å²) in [7, 11) is 0. The molecule has 2 fully saturated rings. The quantitative estimate of drug-likeness (QED) is 0.171. The third kappa shape index (κ3) is 7.90. The molecule has 3 N–H and O–H groups in total. The van der Waals surface area contributed by atoms with Crippen molar-refractivity contribution in [3.05, 3.63) is 45.7 Å². The molecule has 0 radical (unpaired) electrons. The zero-order chi connectivity index (χ0) is 26.0. The van der Waals surface area contributed by atoms with Crippen LogP contribution in [0.25, 0.3) is 0 Å². The Morgan fingerprint density at radius 1 is 1.33 bits per heavy atom. The van der Waals surface area contributed by atoms with E-state index in [-0.39, 0.29) is 42.4 Å². The van der Waals surface area contributed by atoms with Gasteiger partial charge in [-0.15, -0.1) is 11.3 Å². The largest absolute Gasteiger partial charge is 0.463 e. The van der Waals surface area contributed by atoms with E-state index in [4.69, 9.17) is 21.4 Å². The summed E-state index contributed by atoms with van der Waals surface area (Å²) in [5.74, 6) is -0.612. The maximum Gasteiger partial charge on any atom is 0.305 e. The van der Waals surface area contributed by atoms with E-state index in [0.29, 0.717) is 32.1 Å². The molecular formula is C28H38ClNO5S. The number of allylic oxidation sites excluding steroid dienone is 2. The predicted molar refractivity (Wildman–Crippen MR) is 141 cm³/mol. The van der Waals surface area contributed by atoms with E-state index in [2.05, 4.69) is 6.07 Å². The second-order valence-corrected chi connectivity index (χ2v) is 11.9. The average molecular weight is 536 g/mol. The summed E-state index contributed by atoms with van der Waals surface area (Å²) in [6.45, 7) is -0.135. The van der Waals surface area contributed by atoms with Gasteiger partial charge in [-0.3, -0.25) is 4.79 Å². The number of rotatable bonds is 14. The Bertz CT molecular complexity index is 935. The van der Waals surface area contributed by atoms with Gasteiger partial charge in [-0.2, -0.15) is 5.26 Å². The predicted octanol–water partition coefficient (Wildman–Crippen LogP) is 5.21. The van der Waals surface area contributed by atoms with Gasteiger partial charge in [0.2, 0.25) is 0 Å². The van der Waals surface area contributed by atoms with Gasteiger partial charge in [-0.05, 0) is 69.4 Å². The number of nitriles is 1. The Kier molecular flexibility index (Phi) is 11.5.